The van der Waals surface area contributed by atoms with Crippen molar-refractivity contribution in [3.8, 4) is 6.07 Å². The standard InChI is InChI=1S/C14H17N3O2S/c15-9-10-3-1-2-4-14(10)20(18,19)17-12-5-6-13(17)8-11(16)7-12/h1-4,11-13H,5-8,16H2. The third-order valence-electron chi connectivity index (χ3n) is 4.27. The van der Waals surface area contributed by atoms with Crippen molar-refractivity contribution in [2.75, 3.05) is 0 Å². The van der Waals surface area contributed by atoms with Gasteiger partial charge >= 0.3 is 0 Å². The lowest BCUT2D eigenvalue weighted by atomic mass is 10.0. The molecule has 2 N–H and O–H groups in total. The quantitative estimate of drug-likeness (QED) is 0.887. The summed E-state index contributed by atoms with van der Waals surface area (Å²) in [5.74, 6) is 0. The number of nitriles is 1. The predicted octanol–water partition coefficient (Wildman–Crippen LogP) is 1.20. The highest BCUT2D eigenvalue weighted by molar-refractivity contribution is 7.89. The molecule has 0 spiro atoms. The number of nitrogens with zero attached hydrogens (tertiary/aromatic N) is 2. The molecular formula is C14H17N3O2S. The molecule has 0 aromatic heterocycles. The van der Waals surface area contributed by atoms with Gasteiger partial charge in [-0.2, -0.15) is 9.57 Å². The lowest BCUT2D eigenvalue weighted by Crippen LogP contribution is -2.50. The topological polar surface area (TPSA) is 87.2 Å². The minimum Gasteiger partial charge on any atom is -0.328 e. The number of nitrogens with two attached hydrogens (primary N) is 1. The molecule has 6 heteroatoms. The minimum atomic E-state index is -3.61. The molecular weight excluding hydrogens is 274 g/mol. The maximum atomic E-state index is 12.9. The molecule has 0 amide bonds. The van der Waals surface area contributed by atoms with Crippen LogP contribution in [0.15, 0.2) is 29.2 Å². The Bertz CT molecular complexity index is 651. The third kappa shape index (κ3) is 2.03. The van der Waals surface area contributed by atoms with Gasteiger partial charge in [-0.1, -0.05) is 12.1 Å². The van der Waals surface area contributed by atoms with Gasteiger partial charge in [-0.3, -0.25) is 0 Å². The van der Waals surface area contributed by atoms with Crippen LogP contribution < -0.4 is 5.73 Å². The zero-order chi connectivity index (χ0) is 14.3. The molecule has 2 unspecified atom stereocenters. The molecule has 2 fully saturated rings. The highest BCUT2D eigenvalue weighted by Gasteiger charge is 2.46. The van der Waals surface area contributed by atoms with E-state index in [2.05, 4.69) is 0 Å². The molecule has 2 heterocycles. The first-order valence-corrected chi connectivity index (χ1v) is 8.26. The monoisotopic (exact) mass is 291 g/mol. The Hall–Kier alpha value is -1.42. The van der Waals surface area contributed by atoms with Gasteiger partial charge in [0.25, 0.3) is 0 Å². The summed E-state index contributed by atoms with van der Waals surface area (Å²) in [5.41, 5.74) is 6.19. The normalized spacial score (nSPS) is 30.1. The van der Waals surface area contributed by atoms with E-state index in [1.165, 1.54) is 6.07 Å². The van der Waals surface area contributed by atoms with Gasteiger partial charge in [-0.05, 0) is 37.8 Å². The Labute approximate surface area is 119 Å². The first-order chi connectivity index (χ1) is 9.54. The summed E-state index contributed by atoms with van der Waals surface area (Å²) < 4.78 is 27.3. The summed E-state index contributed by atoms with van der Waals surface area (Å²) in [7, 11) is -3.61. The van der Waals surface area contributed by atoms with E-state index in [0.717, 1.165) is 12.8 Å². The van der Waals surface area contributed by atoms with Crippen molar-refractivity contribution in [3.05, 3.63) is 29.8 Å². The first-order valence-electron chi connectivity index (χ1n) is 6.82. The second-order valence-electron chi connectivity index (χ2n) is 5.56. The zero-order valence-electron chi connectivity index (χ0n) is 11.1. The van der Waals surface area contributed by atoms with Crippen LogP contribution in [0.3, 0.4) is 0 Å². The number of fused-ring (bicyclic) bond motifs is 2. The third-order valence-corrected chi connectivity index (χ3v) is 6.33. The number of hydrogen-bond acceptors (Lipinski definition) is 4. The summed E-state index contributed by atoms with van der Waals surface area (Å²) in [4.78, 5) is 0.120. The van der Waals surface area contributed by atoms with Crippen LogP contribution in [0.1, 0.15) is 31.2 Å². The van der Waals surface area contributed by atoms with Crippen molar-refractivity contribution in [2.45, 2.75) is 48.7 Å². The average molecular weight is 291 g/mol. The average Bonchev–Trinajstić information content (AvgIpc) is 2.72. The molecule has 5 nitrogen and oxygen atoms in total. The summed E-state index contributed by atoms with van der Waals surface area (Å²) in [6.45, 7) is 0. The first kappa shape index (κ1) is 13.6. The van der Waals surface area contributed by atoms with Crippen LogP contribution in [0, 0.1) is 11.3 Å². The molecule has 0 aliphatic carbocycles. The van der Waals surface area contributed by atoms with E-state index in [1.54, 1.807) is 22.5 Å². The molecule has 0 radical (unpaired) electrons. The van der Waals surface area contributed by atoms with Gasteiger partial charge in [0.15, 0.2) is 0 Å². The number of piperidine rings is 1. The van der Waals surface area contributed by atoms with Gasteiger partial charge in [-0.15, -0.1) is 0 Å². The molecule has 2 aliphatic rings. The lowest BCUT2D eigenvalue weighted by Gasteiger charge is -2.36. The Kier molecular flexibility index (Phi) is 3.28. The Morgan fingerprint density at radius 3 is 2.40 bits per heavy atom. The van der Waals surface area contributed by atoms with Crippen LogP contribution in [0.4, 0.5) is 0 Å². The number of sulfonamides is 1. The lowest BCUT2D eigenvalue weighted by molar-refractivity contribution is 0.227. The number of hydrogen-bond donors (Lipinski definition) is 1. The van der Waals surface area contributed by atoms with Crippen LogP contribution in [-0.4, -0.2) is 30.8 Å². The van der Waals surface area contributed by atoms with E-state index >= 15 is 0 Å². The largest absolute Gasteiger partial charge is 0.328 e. The van der Waals surface area contributed by atoms with Gasteiger partial charge in [0, 0.05) is 18.1 Å². The SMILES string of the molecule is N#Cc1ccccc1S(=O)(=O)N1C2CCC1CC(N)C2. The molecule has 20 heavy (non-hydrogen) atoms. The van der Waals surface area contributed by atoms with Crippen LogP contribution in [-0.2, 0) is 10.0 Å². The fourth-order valence-electron chi connectivity index (χ4n) is 3.47. The van der Waals surface area contributed by atoms with Crippen molar-refractivity contribution in [1.82, 2.24) is 4.31 Å². The van der Waals surface area contributed by atoms with E-state index in [0.29, 0.717) is 12.8 Å². The van der Waals surface area contributed by atoms with Gasteiger partial charge in [0.2, 0.25) is 10.0 Å². The molecule has 1 aromatic carbocycles. The smallest absolute Gasteiger partial charge is 0.244 e. The highest BCUT2D eigenvalue weighted by atomic mass is 32.2. The number of benzene rings is 1. The Morgan fingerprint density at radius 1 is 1.20 bits per heavy atom. The second-order valence-corrected chi connectivity index (χ2v) is 7.37. The summed E-state index contributed by atoms with van der Waals surface area (Å²) in [6.07, 6.45) is 3.16. The van der Waals surface area contributed by atoms with Crippen LogP contribution in [0.5, 0.6) is 0 Å². The molecule has 1 aromatic rings. The summed E-state index contributed by atoms with van der Waals surface area (Å²) in [6, 6.07) is 8.43. The van der Waals surface area contributed by atoms with Crippen molar-refractivity contribution in [2.24, 2.45) is 5.73 Å². The minimum absolute atomic E-state index is 0.0134. The van der Waals surface area contributed by atoms with E-state index < -0.39 is 10.0 Å². The molecule has 2 atom stereocenters. The van der Waals surface area contributed by atoms with Crippen molar-refractivity contribution < 1.29 is 8.42 Å². The predicted molar refractivity (Wildman–Crippen MR) is 74.2 cm³/mol. The maximum absolute atomic E-state index is 12.9. The van der Waals surface area contributed by atoms with E-state index in [4.69, 9.17) is 11.0 Å². The van der Waals surface area contributed by atoms with E-state index in [1.807, 2.05) is 6.07 Å². The van der Waals surface area contributed by atoms with Crippen molar-refractivity contribution in [3.63, 3.8) is 0 Å². The summed E-state index contributed by atoms with van der Waals surface area (Å²) >= 11 is 0. The number of rotatable bonds is 2. The molecule has 3 rings (SSSR count). The van der Waals surface area contributed by atoms with Gasteiger partial charge in [0.05, 0.1) is 10.5 Å². The van der Waals surface area contributed by atoms with Crippen LogP contribution in [0.25, 0.3) is 0 Å². The molecule has 0 saturated carbocycles. The van der Waals surface area contributed by atoms with E-state index in [9.17, 15) is 8.42 Å². The van der Waals surface area contributed by atoms with Crippen molar-refractivity contribution in [1.29, 1.82) is 5.26 Å². The zero-order valence-corrected chi connectivity index (χ0v) is 11.9. The van der Waals surface area contributed by atoms with Gasteiger partial charge < -0.3 is 5.73 Å². The second kappa shape index (κ2) is 4.85. The fraction of sp³-hybridized carbons (Fsp3) is 0.500. The molecule has 2 bridgehead atoms. The van der Waals surface area contributed by atoms with Crippen molar-refractivity contribution >= 4 is 10.0 Å². The van der Waals surface area contributed by atoms with Gasteiger partial charge in [0.1, 0.15) is 6.07 Å². The molecule has 106 valence electrons. The van der Waals surface area contributed by atoms with Crippen LogP contribution in [0.2, 0.25) is 0 Å². The Balaban J connectivity index is 2.04. The molecule has 2 aliphatic heterocycles. The maximum Gasteiger partial charge on any atom is 0.244 e. The fourth-order valence-corrected chi connectivity index (χ4v) is 5.50. The summed E-state index contributed by atoms with van der Waals surface area (Å²) in [5, 5.41) is 9.12. The van der Waals surface area contributed by atoms with E-state index in [-0.39, 0.29) is 28.6 Å². The molecule has 2 saturated heterocycles. The highest BCUT2D eigenvalue weighted by Crippen LogP contribution is 2.39. The Morgan fingerprint density at radius 2 is 1.80 bits per heavy atom. The van der Waals surface area contributed by atoms with Crippen LogP contribution >= 0.6 is 0 Å². The van der Waals surface area contributed by atoms with Gasteiger partial charge in [-0.25, -0.2) is 8.42 Å².